The number of aliphatic hydroxyl groups excluding tert-OH is 7. The summed E-state index contributed by atoms with van der Waals surface area (Å²) in [4.78, 5) is 13.3. The topological polar surface area (TPSA) is 269 Å². The summed E-state index contributed by atoms with van der Waals surface area (Å²) in [5.41, 5.74) is -1.26. The average molecular weight is 596 g/mol. The lowest BCUT2D eigenvalue weighted by atomic mass is 9.97. The molecular weight excluding hydrogens is 568 g/mol. The van der Waals surface area contributed by atoms with E-state index in [4.69, 9.17) is 23.4 Å². The maximum absolute atomic E-state index is 13.3. The second-order valence-corrected chi connectivity index (χ2v) is 9.84. The molecule has 5 rings (SSSR count). The molecule has 42 heavy (non-hydrogen) atoms. The van der Waals surface area contributed by atoms with E-state index in [9.17, 15) is 55.9 Å². The number of benzene rings is 2. The van der Waals surface area contributed by atoms with Crippen LogP contribution in [0.5, 0.6) is 28.7 Å². The highest BCUT2D eigenvalue weighted by molar-refractivity contribution is 5.95. The zero-order chi connectivity index (χ0) is 30.5. The van der Waals surface area contributed by atoms with Gasteiger partial charge in [0.25, 0.3) is 5.79 Å². The third-order valence-electron chi connectivity index (χ3n) is 7.04. The number of rotatable bonds is 6. The zero-order valence-electron chi connectivity index (χ0n) is 21.5. The molecule has 228 valence electrons. The number of hydrogen-bond acceptors (Lipinski definition) is 16. The van der Waals surface area contributed by atoms with Crippen LogP contribution in [0.15, 0.2) is 39.5 Å². The number of phenols is 3. The van der Waals surface area contributed by atoms with Gasteiger partial charge in [-0.15, -0.1) is 0 Å². The van der Waals surface area contributed by atoms with Gasteiger partial charge >= 0.3 is 0 Å². The van der Waals surface area contributed by atoms with Gasteiger partial charge in [0.2, 0.25) is 23.5 Å². The molecule has 2 aliphatic rings. The molecule has 0 amide bonds. The summed E-state index contributed by atoms with van der Waals surface area (Å²) in [7, 11) is 0. The van der Waals surface area contributed by atoms with Gasteiger partial charge in [-0.25, -0.2) is 0 Å². The predicted molar refractivity (Wildman–Crippen MR) is 136 cm³/mol. The van der Waals surface area contributed by atoms with E-state index in [0.29, 0.717) is 0 Å². The smallest absolute Gasteiger partial charge is 0.263 e. The fraction of sp³-hybridized carbons (Fsp3) is 0.423. The maximum atomic E-state index is 13.3. The minimum atomic E-state index is -2.58. The van der Waals surface area contributed by atoms with E-state index in [-0.39, 0.29) is 17.1 Å². The van der Waals surface area contributed by atoms with Gasteiger partial charge in [0.05, 0.1) is 13.2 Å². The lowest BCUT2D eigenvalue weighted by molar-refractivity contribution is -0.319. The van der Waals surface area contributed by atoms with Crippen LogP contribution in [0.2, 0.25) is 0 Å². The Morgan fingerprint density at radius 2 is 1.52 bits per heavy atom. The highest BCUT2D eigenvalue weighted by atomic mass is 16.7. The van der Waals surface area contributed by atoms with E-state index in [1.54, 1.807) is 0 Å². The maximum Gasteiger partial charge on any atom is 0.263 e. The first-order valence-electron chi connectivity index (χ1n) is 12.5. The summed E-state index contributed by atoms with van der Waals surface area (Å²) >= 11 is 0. The van der Waals surface area contributed by atoms with Gasteiger partial charge in [-0.1, -0.05) is 0 Å². The first kappa shape index (κ1) is 29.8. The molecule has 0 radical (unpaired) electrons. The summed E-state index contributed by atoms with van der Waals surface area (Å²) in [5, 5.41) is 102. The molecule has 2 aromatic carbocycles. The molecule has 16 nitrogen and oxygen atoms in total. The third kappa shape index (κ3) is 4.98. The van der Waals surface area contributed by atoms with Crippen LogP contribution < -0.4 is 14.9 Å². The molecular formula is C26H28O16. The minimum absolute atomic E-state index is 0.0882. The molecule has 0 unspecified atom stereocenters. The normalized spacial score (nSPS) is 31.6. The molecule has 2 aliphatic heterocycles. The first-order valence-corrected chi connectivity index (χ1v) is 12.5. The van der Waals surface area contributed by atoms with E-state index in [1.165, 1.54) is 24.3 Å². The lowest BCUT2D eigenvalue weighted by Crippen LogP contribution is -2.65. The van der Waals surface area contributed by atoms with Crippen LogP contribution >= 0.6 is 0 Å². The number of aromatic hydroxyl groups is 3. The molecule has 0 bridgehead atoms. The van der Waals surface area contributed by atoms with Crippen molar-refractivity contribution in [2.45, 2.75) is 48.7 Å². The number of phenolic OH excluding ortho intramolecular Hbond substituents is 3. The predicted octanol–water partition coefficient (Wildman–Crippen LogP) is -2.43. The van der Waals surface area contributed by atoms with E-state index >= 15 is 0 Å². The van der Waals surface area contributed by atoms with Crippen molar-refractivity contribution in [1.29, 1.82) is 0 Å². The largest absolute Gasteiger partial charge is 0.508 e. The third-order valence-corrected chi connectivity index (χ3v) is 7.04. The molecule has 8 atom stereocenters. The Morgan fingerprint density at radius 1 is 0.857 bits per heavy atom. The zero-order valence-corrected chi connectivity index (χ0v) is 21.5. The van der Waals surface area contributed by atoms with Crippen LogP contribution in [-0.4, -0.2) is 120 Å². The summed E-state index contributed by atoms with van der Waals surface area (Å²) in [6, 6.07) is 6.36. The highest BCUT2D eigenvalue weighted by Gasteiger charge is 2.53. The van der Waals surface area contributed by atoms with Crippen molar-refractivity contribution in [3.8, 4) is 40.1 Å². The van der Waals surface area contributed by atoms with E-state index in [1.807, 2.05) is 0 Å². The Balaban J connectivity index is 1.70. The van der Waals surface area contributed by atoms with Crippen LogP contribution in [0.4, 0.5) is 0 Å². The average Bonchev–Trinajstić information content (AvgIpc) is 2.97. The summed E-state index contributed by atoms with van der Waals surface area (Å²) in [6.07, 6.45) is -12.5. The van der Waals surface area contributed by atoms with Gasteiger partial charge in [0, 0.05) is 11.6 Å². The molecule has 16 heteroatoms. The number of aliphatic hydroxyl groups is 7. The fourth-order valence-corrected chi connectivity index (χ4v) is 4.60. The van der Waals surface area contributed by atoms with Crippen molar-refractivity contribution in [1.82, 2.24) is 0 Å². The molecule has 3 heterocycles. The van der Waals surface area contributed by atoms with E-state index < -0.39 is 108 Å². The van der Waals surface area contributed by atoms with Crippen molar-refractivity contribution in [3.05, 3.63) is 40.6 Å². The Morgan fingerprint density at radius 3 is 2.19 bits per heavy atom. The van der Waals surface area contributed by atoms with Crippen molar-refractivity contribution in [2.24, 2.45) is 0 Å². The number of hydrogen-bond donors (Lipinski definition) is 10. The van der Waals surface area contributed by atoms with Crippen LogP contribution in [0, 0.1) is 0 Å². The minimum Gasteiger partial charge on any atom is -0.508 e. The van der Waals surface area contributed by atoms with Crippen molar-refractivity contribution in [2.75, 3.05) is 19.8 Å². The van der Waals surface area contributed by atoms with Crippen LogP contribution in [0.3, 0.4) is 0 Å². The van der Waals surface area contributed by atoms with Crippen LogP contribution in [0.1, 0.15) is 0 Å². The van der Waals surface area contributed by atoms with Gasteiger partial charge in [-0.05, 0) is 24.3 Å². The quantitative estimate of drug-likeness (QED) is 0.142. The molecule has 0 spiro atoms. The fourth-order valence-electron chi connectivity index (χ4n) is 4.60. The number of ether oxygens (including phenoxy) is 4. The second-order valence-electron chi connectivity index (χ2n) is 9.84. The van der Waals surface area contributed by atoms with Crippen LogP contribution in [-0.2, 0) is 9.47 Å². The molecule has 3 aromatic rings. The van der Waals surface area contributed by atoms with Gasteiger partial charge in [-0.3, -0.25) is 4.79 Å². The Labute approximate surface area is 235 Å². The molecule has 10 N–H and O–H groups in total. The Bertz CT molecular complexity index is 1510. The highest BCUT2D eigenvalue weighted by Crippen LogP contribution is 2.52. The molecule has 0 aliphatic carbocycles. The summed E-state index contributed by atoms with van der Waals surface area (Å²) in [5.74, 6) is -6.80. The lowest BCUT2D eigenvalue weighted by Gasteiger charge is -2.43. The Kier molecular flexibility index (Phi) is 7.92. The summed E-state index contributed by atoms with van der Waals surface area (Å²) < 4.78 is 27.4. The SMILES string of the molecule is O=c1cc(-c2ccc(O)cc2)oc2c(O[C@@H]3OC[C@@H](O)[C@H](O)[C@H]3O)c(O)c(O[C@]3(CO)OC[C@H](O)[C@@H](O)[C@H]3O)c(O)c12. The Hall–Kier alpha value is -3.71. The summed E-state index contributed by atoms with van der Waals surface area (Å²) in [6.45, 7) is -2.36. The molecule has 0 saturated carbocycles. The van der Waals surface area contributed by atoms with Gasteiger partial charge in [0.1, 0.15) is 60.1 Å². The van der Waals surface area contributed by atoms with Crippen molar-refractivity contribution in [3.63, 3.8) is 0 Å². The first-order chi connectivity index (χ1) is 19.9. The van der Waals surface area contributed by atoms with Crippen molar-refractivity contribution >= 4 is 11.0 Å². The standard InChI is InChI=1S/C26H28O16/c27-8-26(24(37)17(33)13(31)7-39-26)42-22-18(34)15-11(29)5-14(9-1-3-10(28)4-2-9)40-21(15)23(20(22)36)41-25-19(35)16(32)12(30)6-38-25/h1-5,12-13,16-17,19,24-25,27-28,30-37H,6-8H2/t12-,13+,16+,17-,19-,24-,25+,26+/m1/s1. The molecule has 1 aromatic heterocycles. The van der Waals surface area contributed by atoms with Crippen molar-refractivity contribution < 1.29 is 74.4 Å². The van der Waals surface area contributed by atoms with Gasteiger partial charge < -0.3 is 74.4 Å². The monoisotopic (exact) mass is 596 g/mol. The van der Waals surface area contributed by atoms with Crippen LogP contribution in [0.25, 0.3) is 22.3 Å². The molecule has 2 fully saturated rings. The molecule has 2 saturated heterocycles. The number of fused-ring (bicyclic) bond motifs is 1. The van der Waals surface area contributed by atoms with Gasteiger partial charge in [0.15, 0.2) is 16.8 Å². The van der Waals surface area contributed by atoms with E-state index in [2.05, 4.69) is 0 Å². The van der Waals surface area contributed by atoms with E-state index in [0.717, 1.165) is 6.07 Å². The second kappa shape index (κ2) is 11.2. The van der Waals surface area contributed by atoms with Gasteiger partial charge in [-0.2, -0.15) is 0 Å².